The highest BCUT2D eigenvalue weighted by molar-refractivity contribution is 7.92. The van der Waals surface area contributed by atoms with Crippen molar-refractivity contribution in [1.82, 2.24) is 9.97 Å². The van der Waals surface area contributed by atoms with Gasteiger partial charge in [0.1, 0.15) is 17.3 Å². The first-order valence-corrected chi connectivity index (χ1v) is 11.1. The number of anilines is 1. The molecule has 0 saturated heterocycles. The van der Waals surface area contributed by atoms with Crippen LogP contribution < -0.4 is 4.72 Å². The Bertz CT molecular complexity index is 1450. The molecule has 164 valence electrons. The van der Waals surface area contributed by atoms with E-state index in [1.54, 1.807) is 6.07 Å². The van der Waals surface area contributed by atoms with Crippen molar-refractivity contribution in [2.45, 2.75) is 6.92 Å². The number of rotatable bonds is 6. The fraction of sp³-hybridized carbons (Fsp3) is 0.0909. The minimum Gasteiger partial charge on any atom is -0.345 e. The summed E-state index contributed by atoms with van der Waals surface area (Å²) in [6.45, 7) is 1.35. The molecule has 0 spiro atoms. The number of ketones is 1. The number of benzene rings is 2. The number of hydrogen-bond donors (Lipinski definition) is 2. The number of fused-ring (bicyclic) bond motifs is 1. The Kier molecular flexibility index (Phi) is 5.47. The largest absolute Gasteiger partial charge is 0.345 e. The molecular weight excluding hydrogens is 443 g/mol. The van der Waals surface area contributed by atoms with Crippen molar-refractivity contribution in [3.8, 4) is 11.1 Å². The van der Waals surface area contributed by atoms with E-state index in [4.69, 9.17) is 0 Å². The first-order valence-electron chi connectivity index (χ1n) is 9.46. The Morgan fingerprint density at radius 2 is 1.78 bits per heavy atom. The van der Waals surface area contributed by atoms with Crippen molar-refractivity contribution < 1.29 is 26.4 Å². The van der Waals surface area contributed by atoms with Crippen molar-refractivity contribution in [3.05, 3.63) is 83.4 Å². The lowest BCUT2D eigenvalue weighted by Crippen LogP contribution is -2.17. The summed E-state index contributed by atoms with van der Waals surface area (Å²) in [6, 6.07) is 8.95. The Hall–Kier alpha value is -3.66. The van der Waals surface area contributed by atoms with E-state index in [0.29, 0.717) is 22.2 Å². The molecule has 0 radical (unpaired) electrons. The molecule has 0 unspecified atom stereocenters. The summed E-state index contributed by atoms with van der Waals surface area (Å²) in [5, 5.41) is 0.301. The molecule has 4 rings (SSSR count). The van der Waals surface area contributed by atoms with E-state index in [9.17, 15) is 26.4 Å². The summed E-state index contributed by atoms with van der Waals surface area (Å²) >= 11 is 0. The van der Waals surface area contributed by atoms with Gasteiger partial charge in [-0.3, -0.25) is 9.52 Å². The van der Waals surface area contributed by atoms with Gasteiger partial charge in [-0.1, -0.05) is 12.1 Å². The molecule has 0 aliphatic carbocycles. The van der Waals surface area contributed by atoms with E-state index in [2.05, 4.69) is 9.97 Å². The molecule has 2 heterocycles. The molecule has 0 atom stereocenters. The third-order valence-electron chi connectivity index (χ3n) is 4.92. The monoisotopic (exact) mass is 459 g/mol. The quantitative estimate of drug-likeness (QED) is 0.411. The topological polar surface area (TPSA) is 91.9 Å². The second-order valence-corrected chi connectivity index (χ2v) is 8.96. The van der Waals surface area contributed by atoms with E-state index in [0.717, 1.165) is 12.1 Å². The van der Waals surface area contributed by atoms with Gasteiger partial charge in [-0.25, -0.2) is 26.6 Å². The number of H-pyrrole nitrogens is 1. The minimum atomic E-state index is -3.84. The lowest BCUT2D eigenvalue weighted by Gasteiger charge is -2.11. The maximum absolute atomic E-state index is 15.0. The van der Waals surface area contributed by atoms with Crippen molar-refractivity contribution in [2.24, 2.45) is 0 Å². The average molecular weight is 459 g/mol. The maximum atomic E-state index is 15.0. The Balaban J connectivity index is 1.80. The van der Waals surface area contributed by atoms with Gasteiger partial charge in [0, 0.05) is 28.9 Å². The molecule has 2 aromatic heterocycles. The lowest BCUT2D eigenvalue weighted by atomic mass is 10.00. The minimum absolute atomic E-state index is 0.0511. The number of hydrogen-bond acceptors (Lipinski definition) is 4. The van der Waals surface area contributed by atoms with Crippen LogP contribution in [0.2, 0.25) is 0 Å². The molecule has 4 aromatic rings. The number of pyridine rings is 1. The van der Waals surface area contributed by atoms with Gasteiger partial charge in [-0.05, 0) is 42.8 Å². The van der Waals surface area contributed by atoms with Crippen LogP contribution in [0.15, 0.2) is 54.9 Å². The third kappa shape index (κ3) is 3.96. The molecule has 2 N–H and O–H groups in total. The van der Waals surface area contributed by atoms with Crippen LogP contribution in [0.3, 0.4) is 0 Å². The molecule has 6 nitrogen and oxygen atoms in total. The molecule has 32 heavy (non-hydrogen) atoms. The first kappa shape index (κ1) is 21.6. The second-order valence-electron chi connectivity index (χ2n) is 6.95. The predicted molar refractivity (Wildman–Crippen MR) is 114 cm³/mol. The summed E-state index contributed by atoms with van der Waals surface area (Å²) in [4.78, 5) is 20.1. The normalized spacial score (nSPS) is 11.6. The average Bonchev–Trinajstić information content (AvgIpc) is 3.19. The smallest absolute Gasteiger partial charge is 0.232 e. The van der Waals surface area contributed by atoms with Crippen LogP contribution in [0.5, 0.6) is 0 Å². The maximum Gasteiger partial charge on any atom is 0.232 e. The first-order chi connectivity index (χ1) is 15.2. The Labute approximate surface area is 181 Å². The number of sulfonamides is 1. The number of carbonyl (C=O) groups excluding carboxylic acids is 1. The van der Waals surface area contributed by atoms with Crippen LogP contribution in [-0.4, -0.2) is 29.9 Å². The van der Waals surface area contributed by atoms with Crippen LogP contribution in [0, 0.1) is 17.5 Å². The molecule has 0 fully saturated rings. The zero-order chi connectivity index (χ0) is 23.0. The number of nitrogens with zero attached hydrogens (tertiary/aromatic N) is 1. The third-order valence-corrected chi connectivity index (χ3v) is 6.21. The van der Waals surface area contributed by atoms with Gasteiger partial charge in [0.25, 0.3) is 0 Å². The van der Waals surface area contributed by atoms with E-state index in [-0.39, 0.29) is 11.3 Å². The van der Waals surface area contributed by atoms with Gasteiger partial charge in [0.2, 0.25) is 15.8 Å². The zero-order valence-electron chi connectivity index (χ0n) is 16.6. The summed E-state index contributed by atoms with van der Waals surface area (Å²) in [7, 11) is -3.84. The molecule has 0 bridgehead atoms. The molecular formula is C22H16F3N3O3S. The van der Waals surface area contributed by atoms with Gasteiger partial charge in [0.15, 0.2) is 5.82 Å². The van der Waals surface area contributed by atoms with Gasteiger partial charge in [0.05, 0.1) is 17.0 Å². The fourth-order valence-corrected chi connectivity index (χ4v) is 3.84. The predicted octanol–water partition coefficient (Wildman–Crippen LogP) is 4.64. The summed E-state index contributed by atoms with van der Waals surface area (Å²) in [6.07, 6.45) is 2.79. The molecule has 0 amide bonds. The van der Waals surface area contributed by atoms with Crippen LogP contribution >= 0.6 is 0 Å². The van der Waals surface area contributed by atoms with E-state index in [1.807, 2.05) is 4.72 Å². The number of aromatic nitrogens is 2. The molecule has 0 aliphatic rings. The summed E-state index contributed by atoms with van der Waals surface area (Å²) in [5.74, 6) is -4.17. The number of halogens is 3. The highest BCUT2D eigenvalue weighted by Gasteiger charge is 2.25. The molecule has 0 aliphatic heterocycles. The summed E-state index contributed by atoms with van der Waals surface area (Å²) < 4.78 is 68.2. The number of aromatic amines is 1. The van der Waals surface area contributed by atoms with Gasteiger partial charge in [-0.15, -0.1) is 0 Å². The van der Waals surface area contributed by atoms with Crippen LogP contribution in [0.1, 0.15) is 22.8 Å². The van der Waals surface area contributed by atoms with Crippen LogP contribution in [0.25, 0.3) is 22.2 Å². The van der Waals surface area contributed by atoms with Crippen molar-refractivity contribution >= 4 is 32.5 Å². The van der Waals surface area contributed by atoms with Crippen molar-refractivity contribution in [2.75, 3.05) is 10.5 Å². The molecule has 10 heteroatoms. The Morgan fingerprint density at radius 1 is 1.06 bits per heavy atom. The Morgan fingerprint density at radius 3 is 2.47 bits per heavy atom. The van der Waals surface area contributed by atoms with Crippen LogP contribution in [-0.2, 0) is 10.0 Å². The van der Waals surface area contributed by atoms with E-state index >= 15 is 0 Å². The lowest BCUT2D eigenvalue weighted by molar-refractivity contribution is 0.103. The van der Waals surface area contributed by atoms with Crippen molar-refractivity contribution in [3.63, 3.8) is 0 Å². The van der Waals surface area contributed by atoms with E-state index in [1.165, 1.54) is 43.6 Å². The van der Waals surface area contributed by atoms with Gasteiger partial charge >= 0.3 is 0 Å². The fourth-order valence-electron chi connectivity index (χ4n) is 3.21. The number of nitrogens with one attached hydrogen (secondary N) is 2. The molecule has 2 aromatic carbocycles. The number of carbonyl (C=O) groups is 1. The van der Waals surface area contributed by atoms with Crippen LogP contribution in [0.4, 0.5) is 18.9 Å². The highest BCUT2D eigenvalue weighted by Crippen LogP contribution is 2.29. The summed E-state index contributed by atoms with van der Waals surface area (Å²) in [5.41, 5.74) is 0.0360. The van der Waals surface area contributed by atoms with Gasteiger partial charge in [-0.2, -0.15) is 0 Å². The zero-order valence-corrected chi connectivity index (χ0v) is 17.4. The highest BCUT2D eigenvalue weighted by atomic mass is 32.2. The van der Waals surface area contributed by atoms with Crippen molar-refractivity contribution in [1.29, 1.82) is 0 Å². The second kappa shape index (κ2) is 8.12. The standard InChI is InChI=1S/C22H16F3N3O3S/c1-2-32(30,31)28-18-8-7-17(24)19(20(18)25)21(29)16-11-27-22-15(16)9-13(10-26-22)12-3-5-14(23)6-4-12/h3-11,28H,2H2,1H3,(H,26,27). The van der Waals surface area contributed by atoms with E-state index < -0.39 is 44.5 Å². The SMILES string of the molecule is CCS(=O)(=O)Nc1ccc(F)c(C(=O)c2c[nH]c3ncc(-c4ccc(F)cc4)cc23)c1F. The molecule has 0 saturated carbocycles. The van der Waals surface area contributed by atoms with Gasteiger partial charge < -0.3 is 4.98 Å².